The monoisotopic (exact) mass is 348 g/mol. The highest BCUT2D eigenvalue weighted by Gasteiger charge is 2.50. The largest absolute Gasteiger partial charge is 0.287 e. The van der Waals surface area contributed by atoms with E-state index in [4.69, 9.17) is 4.67 Å². The first-order valence-corrected chi connectivity index (χ1v) is 8.76. The minimum atomic E-state index is -3.15. The Morgan fingerprint density at radius 2 is 0.792 bits per heavy atom. The van der Waals surface area contributed by atoms with Gasteiger partial charge in [0.2, 0.25) is 0 Å². The molecule has 121 valence electrons. The van der Waals surface area contributed by atoms with Crippen molar-refractivity contribution in [2.45, 2.75) is 0 Å². The lowest BCUT2D eigenvalue weighted by Gasteiger charge is -2.20. The summed E-state index contributed by atoms with van der Waals surface area (Å²) in [6.45, 7) is 0. The molecule has 0 aromatic heterocycles. The molecule has 6 heteroatoms. The normalized spacial score (nSPS) is 11.5. The van der Waals surface area contributed by atoms with Gasteiger partial charge in [-0.25, -0.2) is 13.2 Å². The van der Waals surface area contributed by atoms with Gasteiger partial charge in [-0.05, 0) is 77.5 Å². The third-order valence-corrected chi connectivity index (χ3v) is 6.98. The van der Waals surface area contributed by atoms with Gasteiger partial charge < -0.3 is 0 Å². The molecule has 0 amide bonds. The molecule has 0 fully saturated rings. The predicted octanol–water partition coefficient (Wildman–Crippen LogP) is 3.67. The highest BCUT2D eigenvalue weighted by molar-refractivity contribution is 7.91. The molecule has 0 aliphatic heterocycles. The summed E-state index contributed by atoms with van der Waals surface area (Å²) in [5.74, 6) is -1.37. The average molecular weight is 348 g/mol. The molecule has 0 saturated heterocycles. The van der Waals surface area contributed by atoms with Crippen LogP contribution in [0.25, 0.3) is 0 Å². The first-order chi connectivity index (χ1) is 11.6. The number of hydrogen-bond donors (Lipinski definition) is 0. The van der Waals surface area contributed by atoms with Gasteiger partial charge in [0.05, 0.1) is 0 Å². The Bertz CT molecular complexity index is 707. The van der Waals surface area contributed by atoms with E-state index in [-0.39, 0.29) is 0 Å². The van der Waals surface area contributed by atoms with Crippen LogP contribution in [0.15, 0.2) is 72.8 Å². The Morgan fingerprint density at radius 3 is 1.00 bits per heavy atom. The van der Waals surface area contributed by atoms with Crippen LogP contribution in [0.4, 0.5) is 13.2 Å². The molecule has 0 heterocycles. The maximum absolute atomic E-state index is 13.3. The molecule has 24 heavy (non-hydrogen) atoms. The molecule has 0 unspecified atom stereocenters. The number of rotatable bonds is 4. The summed E-state index contributed by atoms with van der Waals surface area (Å²) in [4.78, 5) is 0. The van der Waals surface area contributed by atoms with Gasteiger partial charge in [-0.3, -0.25) is 0 Å². The van der Waals surface area contributed by atoms with Gasteiger partial charge in [-0.2, -0.15) is 0 Å². The second kappa shape index (κ2) is 6.73. The quantitative estimate of drug-likeness (QED) is 0.402. The first-order valence-electron chi connectivity index (χ1n) is 7.05. The van der Waals surface area contributed by atoms with Gasteiger partial charge >= 0.3 is 0 Å². The van der Waals surface area contributed by atoms with Gasteiger partial charge in [-0.1, -0.05) is 0 Å². The highest BCUT2D eigenvalue weighted by atomic mass is 31.2. The fourth-order valence-corrected chi connectivity index (χ4v) is 5.39. The zero-order valence-electron chi connectivity index (χ0n) is 12.3. The maximum Gasteiger partial charge on any atom is 0.287 e. The molecule has 0 atom stereocenters. The lowest BCUT2D eigenvalue weighted by atomic mass is 10.3. The van der Waals surface area contributed by atoms with Crippen molar-refractivity contribution in [2.75, 3.05) is 0 Å². The Morgan fingerprint density at radius 1 is 0.542 bits per heavy atom. The van der Waals surface area contributed by atoms with Gasteiger partial charge in [0.1, 0.15) is 33.4 Å². The predicted molar refractivity (Wildman–Crippen MR) is 86.8 cm³/mol. The van der Waals surface area contributed by atoms with Crippen LogP contribution in [-0.4, -0.2) is 0 Å². The molecule has 2 nitrogen and oxygen atoms in total. The number of hydrogen-bond acceptors (Lipinski definition) is 1. The van der Waals surface area contributed by atoms with Crippen LogP contribution in [0.1, 0.15) is 0 Å². The molecule has 0 bridgehead atoms. The van der Waals surface area contributed by atoms with Gasteiger partial charge in [0.25, 0.3) is 7.49 Å². The summed E-state index contributed by atoms with van der Waals surface area (Å²) in [5.41, 5.74) is 0. The van der Waals surface area contributed by atoms with Crippen molar-refractivity contribution in [3.05, 3.63) is 90.2 Å². The first kappa shape index (κ1) is 16.7. The highest BCUT2D eigenvalue weighted by Crippen LogP contribution is 2.55. The SMILES string of the molecule is [O]O[P+](c1ccc(F)cc1)(c1ccc(F)cc1)c1ccc(F)cc1. The molecule has 3 aromatic rings. The van der Waals surface area contributed by atoms with E-state index in [0.29, 0.717) is 15.9 Å². The minimum Gasteiger partial charge on any atom is -0.207 e. The molecule has 0 spiro atoms. The van der Waals surface area contributed by atoms with Gasteiger partial charge in [-0.15, -0.1) is 0 Å². The lowest BCUT2D eigenvalue weighted by molar-refractivity contribution is -0.200. The summed E-state index contributed by atoms with van der Waals surface area (Å²) in [7, 11) is -3.15. The molecule has 0 aliphatic carbocycles. The molecule has 0 saturated carbocycles. The topological polar surface area (TPSA) is 29.1 Å². The summed E-state index contributed by atoms with van der Waals surface area (Å²) < 4.78 is 44.6. The smallest absolute Gasteiger partial charge is 0.207 e. The van der Waals surface area contributed by atoms with Crippen LogP contribution >= 0.6 is 7.49 Å². The van der Waals surface area contributed by atoms with Crippen LogP contribution in [-0.2, 0) is 9.93 Å². The van der Waals surface area contributed by atoms with Crippen molar-refractivity contribution < 1.29 is 23.1 Å². The summed E-state index contributed by atoms with van der Waals surface area (Å²) in [6.07, 6.45) is 0. The minimum absolute atomic E-state index is 0.456. The maximum atomic E-state index is 13.3. The summed E-state index contributed by atoms with van der Waals surface area (Å²) in [6, 6.07) is 16.0. The van der Waals surface area contributed by atoms with Crippen molar-refractivity contribution in [1.29, 1.82) is 0 Å². The van der Waals surface area contributed by atoms with Crippen LogP contribution in [0.3, 0.4) is 0 Å². The van der Waals surface area contributed by atoms with Crippen LogP contribution < -0.4 is 15.9 Å². The molecule has 3 rings (SSSR count). The Hall–Kier alpha value is -2.20. The van der Waals surface area contributed by atoms with E-state index in [0.717, 1.165) is 0 Å². The fraction of sp³-hybridized carbons (Fsp3) is 0. The number of benzene rings is 3. The summed E-state index contributed by atoms with van der Waals surface area (Å²) >= 11 is 0. The van der Waals surface area contributed by atoms with E-state index < -0.39 is 24.9 Å². The van der Waals surface area contributed by atoms with E-state index in [2.05, 4.69) is 0 Å². The fourth-order valence-electron chi connectivity index (χ4n) is 2.53. The molecule has 3 aromatic carbocycles. The van der Waals surface area contributed by atoms with Crippen molar-refractivity contribution in [2.24, 2.45) is 0 Å². The van der Waals surface area contributed by atoms with Crippen molar-refractivity contribution >= 4 is 23.4 Å². The zero-order chi connectivity index (χ0) is 17.2. The van der Waals surface area contributed by atoms with Crippen LogP contribution in [0, 0.1) is 17.5 Å². The van der Waals surface area contributed by atoms with Crippen molar-refractivity contribution in [3.63, 3.8) is 0 Å². The summed E-state index contributed by atoms with van der Waals surface area (Å²) in [5, 5.41) is 13.2. The van der Waals surface area contributed by atoms with Gasteiger partial charge in [0.15, 0.2) is 0 Å². The van der Waals surface area contributed by atoms with Crippen LogP contribution in [0.2, 0.25) is 0 Å². The Labute approximate surface area is 137 Å². The molecule has 1 radical (unpaired) electrons. The van der Waals surface area contributed by atoms with Crippen LogP contribution in [0.5, 0.6) is 0 Å². The number of halogens is 3. The van der Waals surface area contributed by atoms with E-state index in [1.807, 2.05) is 0 Å². The zero-order valence-corrected chi connectivity index (χ0v) is 13.2. The average Bonchev–Trinajstić information content (AvgIpc) is 2.60. The Kier molecular flexibility index (Phi) is 4.67. The third-order valence-electron chi connectivity index (χ3n) is 3.68. The second-order valence-corrected chi connectivity index (χ2v) is 8.03. The van der Waals surface area contributed by atoms with E-state index in [1.165, 1.54) is 72.8 Å². The van der Waals surface area contributed by atoms with E-state index >= 15 is 0 Å². The van der Waals surface area contributed by atoms with Gasteiger partial charge in [0, 0.05) is 5.26 Å². The standard InChI is InChI=1S/C18H12F3O2P/c19-13-1-7-16(8-2-13)24(23-22,17-9-3-14(20)4-10-17)18-11-5-15(21)6-12-18/h1-12H/q+1. The van der Waals surface area contributed by atoms with E-state index in [1.54, 1.807) is 0 Å². The van der Waals surface area contributed by atoms with Crippen molar-refractivity contribution in [3.8, 4) is 0 Å². The van der Waals surface area contributed by atoms with Crippen molar-refractivity contribution in [1.82, 2.24) is 0 Å². The Balaban J connectivity index is 2.27. The lowest BCUT2D eigenvalue weighted by Crippen LogP contribution is -2.32. The molecular formula is C18H12F3O2P+. The molecular weight excluding hydrogens is 336 g/mol. The second-order valence-electron chi connectivity index (χ2n) is 5.11. The third kappa shape index (κ3) is 2.94. The molecule has 0 N–H and O–H groups in total. The van der Waals surface area contributed by atoms with E-state index in [9.17, 15) is 18.4 Å². The molecule has 0 aliphatic rings.